The number of rotatable bonds is 6. The Morgan fingerprint density at radius 3 is 2.42 bits per heavy atom. The second kappa shape index (κ2) is 6.89. The minimum atomic E-state index is -1.26. The average Bonchev–Trinajstić information content (AvgIpc) is 2.41. The Balaban J connectivity index is 3.13. The van der Waals surface area contributed by atoms with Crippen molar-refractivity contribution in [1.29, 1.82) is 0 Å². The number of nitrogens with one attached hydrogen (secondary N) is 1. The normalized spacial score (nSPS) is 13.4. The molecule has 0 fully saturated rings. The topological polar surface area (TPSA) is 75.6 Å². The number of benzene rings is 1. The minimum absolute atomic E-state index is 0.00167. The van der Waals surface area contributed by atoms with Gasteiger partial charge in [0.05, 0.1) is 13.2 Å². The van der Waals surface area contributed by atoms with Gasteiger partial charge in [-0.1, -0.05) is 30.3 Å². The van der Waals surface area contributed by atoms with Gasteiger partial charge in [-0.05, 0) is 12.5 Å². The van der Waals surface area contributed by atoms with Crippen LogP contribution in [0.5, 0.6) is 0 Å². The number of amides is 1. The molecule has 0 saturated heterocycles. The third kappa shape index (κ3) is 3.54. The van der Waals surface area contributed by atoms with Crippen LogP contribution in [0, 0.1) is 0 Å². The summed E-state index contributed by atoms with van der Waals surface area (Å²) in [6.07, 6.45) is 0. The van der Waals surface area contributed by atoms with Gasteiger partial charge in [0, 0.05) is 13.5 Å². The molecule has 0 unspecified atom stereocenters. The van der Waals surface area contributed by atoms with Crippen LogP contribution < -0.4 is 5.32 Å². The summed E-state index contributed by atoms with van der Waals surface area (Å²) in [5.74, 6) is -0.810. The van der Waals surface area contributed by atoms with Gasteiger partial charge >= 0.3 is 5.97 Å². The summed E-state index contributed by atoms with van der Waals surface area (Å²) in [7, 11) is 0. The van der Waals surface area contributed by atoms with E-state index in [1.54, 1.807) is 31.2 Å². The Kier molecular flexibility index (Phi) is 5.51. The second-order valence-electron chi connectivity index (χ2n) is 4.24. The summed E-state index contributed by atoms with van der Waals surface area (Å²) in [5, 5.41) is 12.3. The van der Waals surface area contributed by atoms with E-state index in [0.29, 0.717) is 5.56 Å². The average molecular weight is 265 g/mol. The molecule has 5 nitrogen and oxygen atoms in total. The van der Waals surface area contributed by atoms with Crippen LogP contribution in [0.1, 0.15) is 19.4 Å². The zero-order chi connectivity index (χ0) is 14.3. The van der Waals surface area contributed by atoms with Crippen molar-refractivity contribution in [3.8, 4) is 0 Å². The molecule has 104 valence electrons. The van der Waals surface area contributed by atoms with Crippen molar-refractivity contribution < 1.29 is 19.4 Å². The molecule has 0 saturated carbocycles. The van der Waals surface area contributed by atoms with E-state index in [1.807, 2.05) is 6.07 Å². The first kappa shape index (κ1) is 15.2. The van der Waals surface area contributed by atoms with Gasteiger partial charge in [-0.15, -0.1) is 0 Å². The first-order valence-corrected chi connectivity index (χ1v) is 6.15. The summed E-state index contributed by atoms with van der Waals surface area (Å²) in [4.78, 5) is 23.2. The molecule has 0 aliphatic heterocycles. The Labute approximate surface area is 112 Å². The molecule has 0 aromatic heterocycles. The fraction of sp³-hybridized carbons (Fsp3) is 0.429. The Morgan fingerprint density at radius 1 is 1.32 bits per heavy atom. The molecule has 1 rings (SSSR count). The number of esters is 1. The highest BCUT2D eigenvalue weighted by molar-refractivity contribution is 5.85. The van der Waals surface area contributed by atoms with Crippen molar-refractivity contribution in [2.24, 2.45) is 0 Å². The van der Waals surface area contributed by atoms with Crippen LogP contribution in [0.15, 0.2) is 30.3 Å². The van der Waals surface area contributed by atoms with Crippen LogP contribution in [0.2, 0.25) is 0 Å². The number of hydrogen-bond acceptors (Lipinski definition) is 4. The van der Waals surface area contributed by atoms with Crippen molar-refractivity contribution in [1.82, 2.24) is 5.32 Å². The summed E-state index contributed by atoms with van der Waals surface area (Å²) < 4.78 is 5.03. The van der Waals surface area contributed by atoms with E-state index in [2.05, 4.69) is 5.32 Å². The summed E-state index contributed by atoms with van der Waals surface area (Å²) in [6, 6.07) is 8.82. The highest BCUT2D eigenvalue weighted by atomic mass is 16.5. The van der Waals surface area contributed by atoms with Gasteiger partial charge in [-0.2, -0.15) is 0 Å². The highest BCUT2D eigenvalue weighted by Crippen LogP contribution is 2.25. The first-order valence-electron chi connectivity index (χ1n) is 6.15. The molecule has 0 radical (unpaired) electrons. The van der Waals surface area contributed by atoms with Crippen LogP contribution in [0.4, 0.5) is 0 Å². The monoisotopic (exact) mass is 265 g/mol. The van der Waals surface area contributed by atoms with Gasteiger partial charge in [-0.25, -0.2) is 0 Å². The molecular weight excluding hydrogens is 246 g/mol. The maximum Gasteiger partial charge on any atom is 0.320 e. The molecule has 0 bridgehead atoms. The molecule has 1 aromatic rings. The van der Waals surface area contributed by atoms with Gasteiger partial charge in [0.2, 0.25) is 5.91 Å². The van der Waals surface area contributed by atoms with Crippen LogP contribution in [0.3, 0.4) is 0 Å². The molecule has 0 aliphatic carbocycles. The fourth-order valence-electron chi connectivity index (χ4n) is 1.81. The molecule has 1 atom stereocenters. The minimum Gasteiger partial charge on any atom is -0.465 e. The van der Waals surface area contributed by atoms with Crippen LogP contribution in [0.25, 0.3) is 0 Å². The lowest BCUT2D eigenvalue weighted by atomic mass is 9.81. The Morgan fingerprint density at radius 2 is 1.95 bits per heavy atom. The van der Waals surface area contributed by atoms with Crippen molar-refractivity contribution in [3.63, 3.8) is 0 Å². The third-order valence-corrected chi connectivity index (χ3v) is 2.90. The molecule has 0 heterocycles. The highest BCUT2D eigenvalue weighted by Gasteiger charge is 2.41. The summed E-state index contributed by atoms with van der Waals surface area (Å²) in [5.41, 5.74) is -0.646. The lowest BCUT2D eigenvalue weighted by Gasteiger charge is -2.30. The van der Waals surface area contributed by atoms with Crippen LogP contribution in [-0.4, -0.2) is 36.7 Å². The van der Waals surface area contributed by atoms with E-state index >= 15 is 0 Å². The lowest BCUT2D eigenvalue weighted by molar-refractivity contribution is -0.151. The van der Waals surface area contributed by atoms with Gasteiger partial charge < -0.3 is 15.2 Å². The third-order valence-electron chi connectivity index (χ3n) is 2.90. The van der Waals surface area contributed by atoms with Gasteiger partial charge in [0.15, 0.2) is 0 Å². The van der Waals surface area contributed by atoms with Gasteiger partial charge in [-0.3, -0.25) is 9.59 Å². The number of aliphatic hydroxyl groups excluding tert-OH is 1. The van der Waals surface area contributed by atoms with E-state index in [0.717, 1.165) is 0 Å². The Hall–Kier alpha value is -1.88. The molecule has 0 aliphatic rings. The predicted octanol–water partition coefficient (Wildman–Crippen LogP) is 0.616. The molecule has 2 N–H and O–H groups in total. The zero-order valence-corrected chi connectivity index (χ0v) is 11.2. The van der Waals surface area contributed by atoms with Crippen LogP contribution >= 0.6 is 0 Å². The van der Waals surface area contributed by atoms with E-state index in [4.69, 9.17) is 4.74 Å². The maximum absolute atomic E-state index is 12.2. The molecule has 0 spiro atoms. The van der Waals surface area contributed by atoms with Crippen molar-refractivity contribution in [3.05, 3.63) is 35.9 Å². The number of ether oxygens (including phenoxy) is 1. The van der Waals surface area contributed by atoms with E-state index in [1.165, 1.54) is 6.92 Å². The number of carbonyl (C=O) groups excluding carboxylic acids is 2. The molecule has 1 amide bonds. The quantitative estimate of drug-likeness (QED) is 0.739. The Bertz CT molecular complexity index is 432. The van der Waals surface area contributed by atoms with Crippen molar-refractivity contribution in [2.75, 3.05) is 19.8 Å². The molecule has 1 aromatic carbocycles. The lowest BCUT2D eigenvalue weighted by Crippen LogP contribution is -2.49. The molecule has 5 heteroatoms. The molecular formula is C14H19NO4. The van der Waals surface area contributed by atoms with Gasteiger partial charge in [0.25, 0.3) is 0 Å². The largest absolute Gasteiger partial charge is 0.465 e. The second-order valence-corrected chi connectivity index (χ2v) is 4.24. The smallest absolute Gasteiger partial charge is 0.320 e. The summed E-state index contributed by atoms with van der Waals surface area (Å²) >= 11 is 0. The standard InChI is InChI=1S/C14H19NO4/c1-3-19-13(18)14(10-16,9-15-11(2)17)12-7-5-4-6-8-12/h4-8,16H,3,9-10H2,1-2H3,(H,15,17)/t14-/m0/s1. The van der Waals surface area contributed by atoms with E-state index in [9.17, 15) is 14.7 Å². The SMILES string of the molecule is CCOC(=O)[C@](CO)(CNC(C)=O)c1ccccc1. The molecule has 19 heavy (non-hydrogen) atoms. The van der Waals surface area contributed by atoms with Gasteiger partial charge in [0.1, 0.15) is 5.41 Å². The number of aliphatic hydroxyl groups is 1. The number of carbonyl (C=O) groups is 2. The number of hydrogen-bond donors (Lipinski definition) is 2. The van der Waals surface area contributed by atoms with E-state index < -0.39 is 18.0 Å². The fourth-order valence-corrected chi connectivity index (χ4v) is 1.81. The van der Waals surface area contributed by atoms with Crippen molar-refractivity contribution >= 4 is 11.9 Å². The van der Waals surface area contributed by atoms with Crippen molar-refractivity contribution in [2.45, 2.75) is 19.3 Å². The first-order chi connectivity index (χ1) is 9.06. The predicted molar refractivity (Wildman–Crippen MR) is 70.5 cm³/mol. The summed E-state index contributed by atoms with van der Waals surface area (Å²) in [6.45, 7) is 2.84. The van der Waals surface area contributed by atoms with Crippen LogP contribution in [-0.2, 0) is 19.7 Å². The van der Waals surface area contributed by atoms with E-state index in [-0.39, 0.29) is 19.1 Å². The zero-order valence-electron chi connectivity index (χ0n) is 11.2. The maximum atomic E-state index is 12.2.